The Balaban J connectivity index is 1.21. The fourth-order valence-corrected chi connectivity index (χ4v) is 6.48. The number of pyridine rings is 1. The average Bonchev–Trinajstić information content (AvgIpc) is 3.50. The maximum Gasteiger partial charge on any atom is 0.165 e. The lowest BCUT2D eigenvalue weighted by atomic mass is 10.0. The number of benzene rings is 6. The first-order chi connectivity index (χ1) is 23.3. The summed E-state index contributed by atoms with van der Waals surface area (Å²) in [5.74, 6) is 1.80. The van der Waals surface area contributed by atoms with Crippen molar-refractivity contribution in [2.24, 2.45) is 0 Å². The minimum Gasteiger partial charge on any atom is -0.308 e. The third-order valence-corrected chi connectivity index (χ3v) is 8.72. The standard InChI is InChI=1S/C42H27N5/c1-3-11-28(12-4-1)29-19-21-32(22-20-29)41-44-40(31-14-5-2-6-15-31)45-42(46-41)33-25-34(27-43-26-33)47-37-18-10-9-17-36(37)39-35-16-8-7-13-30(35)23-24-38(39)47/h1-27H. The summed E-state index contributed by atoms with van der Waals surface area (Å²) in [5.41, 5.74) is 8.17. The first-order valence-electron chi connectivity index (χ1n) is 15.6. The van der Waals surface area contributed by atoms with E-state index in [2.05, 4.69) is 120 Å². The smallest absolute Gasteiger partial charge is 0.165 e. The van der Waals surface area contributed by atoms with Crippen molar-refractivity contribution in [3.05, 3.63) is 164 Å². The second kappa shape index (κ2) is 11.2. The highest BCUT2D eigenvalue weighted by Gasteiger charge is 2.17. The van der Waals surface area contributed by atoms with E-state index >= 15 is 0 Å². The Bertz CT molecular complexity index is 2550. The van der Waals surface area contributed by atoms with Crippen LogP contribution in [0.5, 0.6) is 0 Å². The summed E-state index contributed by atoms with van der Waals surface area (Å²) >= 11 is 0. The first-order valence-corrected chi connectivity index (χ1v) is 15.6. The van der Waals surface area contributed by atoms with Crippen LogP contribution in [0.2, 0.25) is 0 Å². The van der Waals surface area contributed by atoms with E-state index in [0.29, 0.717) is 17.5 Å². The zero-order valence-corrected chi connectivity index (χ0v) is 25.3. The fraction of sp³-hybridized carbons (Fsp3) is 0. The van der Waals surface area contributed by atoms with Crippen molar-refractivity contribution in [1.29, 1.82) is 0 Å². The highest BCUT2D eigenvalue weighted by molar-refractivity contribution is 6.21. The van der Waals surface area contributed by atoms with Crippen LogP contribution >= 0.6 is 0 Å². The molecule has 3 heterocycles. The molecule has 9 rings (SSSR count). The summed E-state index contributed by atoms with van der Waals surface area (Å²) in [7, 11) is 0. The van der Waals surface area contributed by atoms with Crippen molar-refractivity contribution in [1.82, 2.24) is 24.5 Å². The lowest BCUT2D eigenvalue weighted by Crippen LogP contribution is -2.01. The molecule has 0 aliphatic rings. The molecule has 0 amide bonds. The summed E-state index contributed by atoms with van der Waals surface area (Å²) in [5, 5.41) is 4.89. The molecule has 0 fully saturated rings. The van der Waals surface area contributed by atoms with Crippen molar-refractivity contribution in [3.8, 4) is 51.0 Å². The summed E-state index contributed by atoms with van der Waals surface area (Å²) < 4.78 is 2.29. The molecule has 5 heteroatoms. The third kappa shape index (κ3) is 4.73. The second-order valence-corrected chi connectivity index (χ2v) is 11.6. The van der Waals surface area contributed by atoms with Gasteiger partial charge in [0.2, 0.25) is 0 Å². The Morgan fingerprint density at radius 3 is 1.68 bits per heavy atom. The molecule has 47 heavy (non-hydrogen) atoms. The Morgan fingerprint density at radius 1 is 0.383 bits per heavy atom. The molecule has 0 saturated carbocycles. The topological polar surface area (TPSA) is 56.5 Å². The van der Waals surface area contributed by atoms with Crippen LogP contribution in [0, 0.1) is 0 Å². The minimum atomic E-state index is 0.571. The molecule has 0 atom stereocenters. The third-order valence-electron chi connectivity index (χ3n) is 8.72. The molecule has 5 nitrogen and oxygen atoms in total. The molecular weight excluding hydrogens is 574 g/mol. The summed E-state index contributed by atoms with van der Waals surface area (Å²) in [6.45, 7) is 0. The highest BCUT2D eigenvalue weighted by Crippen LogP contribution is 2.37. The van der Waals surface area contributed by atoms with Gasteiger partial charge in [0.05, 0.1) is 22.9 Å². The van der Waals surface area contributed by atoms with Crippen molar-refractivity contribution >= 4 is 32.6 Å². The average molecular weight is 602 g/mol. The van der Waals surface area contributed by atoms with E-state index < -0.39 is 0 Å². The quantitative estimate of drug-likeness (QED) is 0.197. The van der Waals surface area contributed by atoms with Gasteiger partial charge in [-0.15, -0.1) is 0 Å². The summed E-state index contributed by atoms with van der Waals surface area (Å²) in [6.07, 6.45) is 3.74. The van der Waals surface area contributed by atoms with Gasteiger partial charge in [0.1, 0.15) is 0 Å². The van der Waals surface area contributed by atoms with Crippen LogP contribution in [0.4, 0.5) is 0 Å². The molecule has 0 unspecified atom stereocenters. The molecule has 0 N–H and O–H groups in total. The minimum absolute atomic E-state index is 0.571. The molecule has 0 bridgehead atoms. The molecule has 0 spiro atoms. The fourth-order valence-electron chi connectivity index (χ4n) is 6.48. The van der Waals surface area contributed by atoms with Crippen molar-refractivity contribution < 1.29 is 0 Å². The van der Waals surface area contributed by atoms with Gasteiger partial charge < -0.3 is 4.57 Å². The van der Waals surface area contributed by atoms with Crippen LogP contribution < -0.4 is 0 Å². The number of aromatic nitrogens is 5. The van der Waals surface area contributed by atoms with E-state index in [1.807, 2.05) is 48.8 Å². The number of rotatable bonds is 5. The molecule has 3 aromatic heterocycles. The zero-order valence-electron chi connectivity index (χ0n) is 25.3. The van der Waals surface area contributed by atoms with E-state index in [1.165, 1.54) is 27.1 Å². The van der Waals surface area contributed by atoms with E-state index in [4.69, 9.17) is 19.9 Å². The van der Waals surface area contributed by atoms with Gasteiger partial charge in [-0.2, -0.15) is 0 Å². The van der Waals surface area contributed by atoms with Gasteiger partial charge in [-0.05, 0) is 40.1 Å². The van der Waals surface area contributed by atoms with Crippen LogP contribution in [0.3, 0.4) is 0 Å². The predicted molar refractivity (Wildman–Crippen MR) is 191 cm³/mol. The van der Waals surface area contributed by atoms with Gasteiger partial charge in [-0.1, -0.05) is 133 Å². The maximum atomic E-state index is 5.02. The van der Waals surface area contributed by atoms with Crippen LogP contribution in [0.15, 0.2) is 164 Å². The van der Waals surface area contributed by atoms with Gasteiger partial charge in [0.25, 0.3) is 0 Å². The molecule has 0 radical (unpaired) electrons. The van der Waals surface area contributed by atoms with Crippen molar-refractivity contribution in [2.75, 3.05) is 0 Å². The monoisotopic (exact) mass is 601 g/mol. The Kier molecular flexibility index (Phi) is 6.39. The maximum absolute atomic E-state index is 5.02. The lowest BCUT2D eigenvalue weighted by molar-refractivity contribution is 1.06. The van der Waals surface area contributed by atoms with Crippen LogP contribution in [0.25, 0.3) is 83.6 Å². The van der Waals surface area contributed by atoms with E-state index in [-0.39, 0.29) is 0 Å². The number of hydrogen-bond acceptors (Lipinski definition) is 4. The molecule has 0 saturated heterocycles. The van der Waals surface area contributed by atoms with Gasteiger partial charge in [0, 0.05) is 33.7 Å². The SMILES string of the molecule is c1ccc(-c2ccc(-c3nc(-c4ccccc4)nc(-c4cncc(-n5c6ccccc6c6c7ccccc7ccc65)c4)n3)cc2)cc1. The predicted octanol–water partition coefficient (Wildman–Crippen LogP) is 10.2. The Labute approximate surface area is 271 Å². The van der Waals surface area contributed by atoms with Gasteiger partial charge >= 0.3 is 0 Å². The Morgan fingerprint density at radius 2 is 0.936 bits per heavy atom. The second-order valence-electron chi connectivity index (χ2n) is 11.6. The molecule has 0 aliphatic heterocycles. The number of para-hydroxylation sites is 1. The lowest BCUT2D eigenvalue weighted by Gasteiger charge is -2.11. The molecule has 6 aromatic carbocycles. The number of hydrogen-bond donors (Lipinski definition) is 0. The van der Waals surface area contributed by atoms with Crippen LogP contribution in [-0.4, -0.2) is 24.5 Å². The highest BCUT2D eigenvalue weighted by atomic mass is 15.0. The number of nitrogens with zero attached hydrogens (tertiary/aromatic N) is 5. The molecule has 220 valence electrons. The normalized spacial score (nSPS) is 11.4. The van der Waals surface area contributed by atoms with Crippen LogP contribution in [-0.2, 0) is 0 Å². The zero-order chi connectivity index (χ0) is 31.2. The number of fused-ring (bicyclic) bond motifs is 5. The van der Waals surface area contributed by atoms with Gasteiger partial charge in [-0.25, -0.2) is 15.0 Å². The first kappa shape index (κ1) is 26.9. The van der Waals surface area contributed by atoms with Gasteiger partial charge in [0.15, 0.2) is 17.5 Å². The summed E-state index contributed by atoms with van der Waals surface area (Å²) in [4.78, 5) is 19.7. The largest absolute Gasteiger partial charge is 0.308 e. The van der Waals surface area contributed by atoms with Crippen LogP contribution in [0.1, 0.15) is 0 Å². The van der Waals surface area contributed by atoms with Crippen molar-refractivity contribution in [3.63, 3.8) is 0 Å². The Hall–Kier alpha value is -6.46. The molecule has 9 aromatic rings. The molecule has 0 aliphatic carbocycles. The van der Waals surface area contributed by atoms with Gasteiger partial charge in [-0.3, -0.25) is 4.98 Å². The summed E-state index contributed by atoms with van der Waals surface area (Å²) in [6, 6.07) is 52.4. The van der Waals surface area contributed by atoms with E-state index in [1.54, 1.807) is 0 Å². The van der Waals surface area contributed by atoms with Crippen molar-refractivity contribution in [2.45, 2.75) is 0 Å². The van der Waals surface area contributed by atoms with E-state index in [0.717, 1.165) is 39.0 Å². The molecular formula is C42H27N5. The van der Waals surface area contributed by atoms with E-state index in [9.17, 15) is 0 Å².